The van der Waals surface area contributed by atoms with Gasteiger partial charge in [-0.25, -0.2) is 0 Å². The van der Waals surface area contributed by atoms with Gasteiger partial charge < -0.3 is 24.1 Å². The van der Waals surface area contributed by atoms with Crippen molar-refractivity contribution >= 4 is 0 Å². The number of aliphatic hydroxyl groups is 1. The molecule has 0 amide bonds. The van der Waals surface area contributed by atoms with E-state index >= 15 is 0 Å². The molecule has 5 heteroatoms. The van der Waals surface area contributed by atoms with Crippen LogP contribution in [0.5, 0.6) is 0 Å². The Morgan fingerprint density at radius 3 is 2.16 bits per heavy atom. The first-order valence-corrected chi connectivity index (χ1v) is 10.9. The fraction of sp³-hybridized carbons (Fsp3) is 0.462. The maximum Gasteiger partial charge on any atom is 0.108 e. The average molecular weight is 423 g/mol. The lowest BCUT2D eigenvalue weighted by Gasteiger charge is -2.46. The van der Waals surface area contributed by atoms with Crippen molar-refractivity contribution in [2.24, 2.45) is 0 Å². The zero-order valence-electron chi connectivity index (χ0n) is 17.6. The number of ether oxygens (including phenoxy) is 4. The second-order valence-electron chi connectivity index (χ2n) is 8.21. The molecule has 0 saturated carbocycles. The highest BCUT2D eigenvalue weighted by Crippen LogP contribution is 2.34. The van der Waals surface area contributed by atoms with Gasteiger partial charge in [0.1, 0.15) is 6.10 Å². The highest BCUT2D eigenvalue weighted by atomic mass is 16.6. The van der Waals surface area contributed by atoms with E-state index in [1.54, 1.807) is 0 Å². The lowest BCUT2D eigenvalue weighted by Crippen LogP contribution is -2.57. The van der Waals surface area contributed by atoms with E-state index in [9.17, 15) is 5.11 Å². The summed E-state index contributed by atoms with van der Waals surface area (Å²) in [6.45, 7) is 1.43. The molecule has 2 fully saturated rings. The van der Waals surface area contributed by atoms with Crippen molar-refractivity contribution in [1.29, 1.82) is 0 Å². The van der Waals surface area contributed by atoms with Crippen LogP contribution in [0, 0.1) is 12.3 Å². The first kappa shape index (κ1) is 22.0. The first-order chi connectivity index (χ1) is 15.2. The van der Waals surface area contributed by atoms with Crippen molar-refractivity contribution in [2.75, 3.05) is 6.61 Å². The van der Waals surface area contributed by atoms with Crippen molar-refractivity contribution in [3.63, 3.8) is 0 Å². The molecule has 31 heavy (non-hydrogen) atoms. The third-order valence-electron chi connectivity index (χ3n) is 5.92. The molecule has 0 bridgehead atoms. The molecule has 5 nitrogen and oxygen atoms in total. The molecule has 0 spiro atoms. The Hall–Kier alpha value is -2.20. The Morgan fingerprint density at radius 2 is 1.48 bits per heavy atom. The highest BCUT2D eigenvalue weighted by molar-refractivity contribution is 5.14. The van der Waals surface area contributed by atoms with Crippen molar-refractivity contribution in [3.05, 3.63) is 71.8 Å². The summed E-state index contributed by atoms with van der Waals surface area (Å²) < 4.78 is 24.7. The number of terminal acetylenes is 1. The van der Waals surface area contributed by atoms with Crippen molar-refractivity contribution in [3.8, 4) is 12.3 Å². The first-order valence-electron chi connectivity index (χ1n) is 10.9. The topological polar surface area (TPSA) is 57.2 Å². The van der Waals surface area contributed by atoms with Gasteiger partial charge in [-0.15, -0.1) is 12.3 Å². The minimum atomic E-state index is -0.620. The summed E-state index contributed by atoms with van der Waals surface area (Å²) in [6.07, 6.45) is 5.33. The Labute approximate surface area is 184 Å². The number of hydrogen-bond acceptors (Lipinski definition) is 5. The van der Waals surface area contributed by atoms with E-state index in [0.29, 0.717) is 39.1 Å². The maximum absolute atomic E-state index is 10.4. The molecule has 164 valence electrons. The molecule has 1 N–H and O–H groups in total. The second-order valence-corrected chi connectivity index (χ2v) is 8.21. The fourth-order valence-electron chi connectivity index (χ4n) is 4.25. The molecule has 2 heterocycles. The van der Waals surface area contributed by atoms with Crippen LogP contribution in [0.15, 0.2) is 60.7 Å². The third kappa shape index (κ3) is 5.94. The van der Waals surface area contributed by atoms with Crippen LogP contribution in [-0.2, 0) is 32.2 Å². The molecule has 2 aliphatic heterocycles. The van der Waals surface area contributed by atoms with Crippen LogP contribution in [0.4, 0.5) is 0 Å². The quantitative estimate of drug-likeness (QED) is 0.660. The van der Waals surface area contributed by atoms with E-state index < -0.39 is 6.10 Å². The van der Waals surface area contributed by atoms with Gasteiger partial charge in [0.05, 0.1) is 50.3 Å². The molecule has 0 aliphatic carbocycles. The Bertz CT molecular complexity index is 834. The van der Waals surface area contributed by atoms with Gasteiger partial charge in [0.15, 0.2) is 0 Å². The minimum absolute atomic E-state index is 0.145. The third-order valence-corrected chi connectivity index (χ3v) is 5.92. The highest BCUT2D eigenvalue weighted by Gasteiger charge is 2.45. The largest absolute Gasteiger partial charge is 0.390 e. The Morgan fingerprint density at radius 1 is 0.871 bits per heavy atom. The molecule has 0 aromatic heterocycles. The molecule has 2 saturated heterocycles. The minimum Gasteiger partial charge on any atom is -0.390 e. The van der Waals surface area contributed by atoms with Gasteiger partial charge in [0, 0.05) is 19.3 Å². The molecule has 6 atom stereocenters. The lowest BCUT2D eigenvalue weighted by molar-refractivity contribution is -0.257. The van der Waals surface area contributed by atoms with Crippen LogP contribution < -0.4 is 0 Å². The van der Waals surface area contributed by atoms with Crippen LogP contribution in [0.3, 0.4) is 0 Å². The molecule has 0 unspecified atom stereocenters. The van der Waals surface area contributed by atoms with Gasteiger partial charge in [0.25, 0.3) is 0 Å². The van der Waals surface area contributed by atoms with Gasteiger partial charge >= 0.3 is 0 Å². The molecule has 2 aromatic rings. The molecule has 0 radical (unpaired) electrons. The van der Waals surface area contributed by atoms with E-state index in [2.05, 4.69) is 5.92 Å². The number of fused-ring (bicyclic) bond motifs is 1. The number of aliphatic hydroxyl groups excluding tert-OH is 1. The summed E-state index contributed by atoms with van der Waals surface area (Å²) in [7, 11) is 0. The van der Waals surface area contributed by atoms with Gasteiger partial charge in [-0.1, -0.05) is 60.7 Å². The number of rotatable bonds is 8. The van der Waals surface area contributed by atoms with Crippen LogP contribution in [0.2, 0.25) is 0 Å². The second kappa shape index (κ2) is 10.9. The molecule has 4 rings (SSSR count). The van der Waals surface area contributed by atoms with Gasteiger partial charge in [0.2, 0.25) is 0 Å². The summed E-state index contributed by atoms with van der Waals surface area (Å²) in [6, 6.07) is 20.2. The van der Waals surface area contributed by atoms with Crippen molar-refractivity contribution in [2.45, 2.75) is 69.1 Å². The van der Waals surface area contributed by atoms with Crippen LogP contribution in [0.25, 0.3) is 0 Å². The zero-order valence-corrected chi connectivity index (χ0v) is 17.6. The summed E-state index contributed by atoms with van der Waals surface area (Å²) in [5, 5.41) is 10.4. The van der Waals surface area contributed by atoms with Crippen LogP contribution in [0.1, 0.15) is 30.4 Å². The normalized spacial score (nSPS) is 30.3. The van der Waals surface area contributed by atoms with E-state index in [0.717, 1.165) is 11.1 Å². The monoisotopic (exact) mass is 422 g/mol. The summed E-state index contributed by atoms with van der Waals surface area (Å²) >= 11 is 0. The Balaban J connectivity index is 1.39. The van der Waals surface area contributed by atoms with Gasteiger partial charge in [-0.2, -0.15) is 0 Å². The van der Waals surface area contributed by atoms with Gasteiger partial charge in [-0.05, 0) is 11.1 Å². The lowest BCUT2D eigenvalue weighted by atomic mass is 9.89. The Kier molecular flexibility index (Phi) is 7.74. The van der Waals surface area contributed by atoms with E-state index in [4.69, 9.17) is 25.4 Å². The smallest absolute Gasteiger partial charge is 0.108 e. The van der Waals surface area contributed by atoms with E-state index in [1.807, 2.05) is 60.7 Å². The SMILES string of the molecule is C#CC[C@@H]1O[C@@H]2C[C@H](OCc3ccccc3)[C@@H](COCc3ccccc3)O[C@H]2C[C@H]1O. The predicted octanol–water partition coefficient (Wildman–Crippen LogP) is 3.49. The average Bonchev–Trinajstić information content (AvgIpc) is 2.80. The standard InChI is InChI=1S/C26H30O5/c1-2-9-22-21(27)14-24-25(30-22)15-23(29-17-20-12-7-4-8-13-20)26(31-24)18-28-16-19-10-5-3-6-11-19/h1,3-8,10-13,21-27H,9,14-18H2/t21-,22+,23+,24+,25-,26-/m1/s1. The number of hydrogen-bond donors (Lipinski definition) is 1. The molecule has 2 aromatic carbocycles. The van der Waals surface area contributed by atoms with Crippen LogP contribution >= 0.6 is 0 Å². The summed E-state index contributed by atoms with van der Waals surface area (Å²) in [4.78, 5) is 0. The predicted molar refractivity (Wildman–Crippen MR) is 117 cm³/mol. The summed E-state index contributed by atoms with van der Waals surface area (Å²) in [5.74, 6) is 2.60. The molecular formula is C26H30O5. The molecule has 2 aliphatic rings. The maximum atomic E-state index is 10.4. The van der Waals surface area contributed by atoms with Crippen molar-refractivity contribution in [1.82, 2.24) is 0 Å². The molecular weight excluding hydrogens is 392 g/mol. The van der Waals surface area contributed by atoms with Crippen LogP contribution in [-0.4, -0.2) is 48.3 Å². The van der Waals surface area contributed by atoms with E-state index in [1.165, 1.54) is 0 Å². The fourth-order valence-corrected chi connectivity index (χ4v) is 4.25. The number of benzene rings is 2. The zero-order chi connectivity index (χ0) is 21.5. The van der Waals surface area contributed by atoms with Crippen molar-refractivity contribution < 1.29 is 24.1 Å². The van der Waals surface area contributed by atoms with Gasteiger partial charge in [-0.3, -0.25) is 0 Å². The van der Waals surface area contributed by atoms with E-state index in [-0.39, 0.29) is 30.5 Å². The summed E-state index contributed by atoms with van der Waals surface area (Å²) in [5.41, 5.74) is 2.23.